The minimum atomic E-state index is 0.184. The van der Waals surface area contributed by atoms with Crippen LogP contribution in [0.5, 0.6) is 0 Å². The number of rotatable bonds is 1. The third-order valence-corrected chi connectivity index (χ3v) is 4.23. The SMILES string of the molecule is O=C(NC1CCCC1)N1[C@H]2CC=C[C@H]1CC2. The lowest BCUT2D eigenvalue weighted by Crippen LogP contribution is -2.50. The van der Waals surface area contributed by atoms with Gasteiger partial charge in [0, 0.05) is 12.1 Å². The number of amides is 2. The summed E-state index contributed by atoms with van der Waals surface area (Å²) >= 11 is 0. The van der Waals surface area contributed by atoms with Crippen LogP contribution in [0.2, 0.25) is 0 Å². The average Bonchev–Trinajstić information content (AvgIpc) is 2.86. The Hall–Kier alpha value is -0.990. The molecule has 2 heterocycles. The topological polar surface area (TPSA) is 32.3 Å². The Morgan fingerprint density at radius 2 is 2.00 bits per heavy atom. The molecule has 2 amide bonds. The van der Waals surface area contributed by atoms with Crippen molar-refractivity contribution in [3.8, 4) is 0 Å². The van der Waals surface area contributed by atoms with E-state index in [1.165, 1.54) is 32.1 Å². The van der Waals surface area contributed by atoms with Gasteiger partial charge in [0.25, 0.3) is 0 Å². The fourth-order valence-corrected chi connectivity index (χ4v) is 3.36. The fourth-order valence-electron chi connectivity index (χ4n) is 3.36. The number of nitrogens with zero attached hydrogens (tertiary/aromatic N) is 1. The second kappa shape index (κ2) is 4.11. The second-order valence-electron chi connectivity index (χ2n) is 5.30. The molecule has 16 heavy (non-hydrogen) atoms. The van der Waals surface area contributed by atoms with Gasteiger partial charge in [0.05, 0.1) is 6.04 Å². The van der Waals surface area contributed by atoms with Gasteiger partial charge in [0.1, 0.15) is 0 Å². The molecule has 1 aliphatic carbocycles. The normalized spacial score (nSPS) is 33.4. The summed E-state index contributed by atoms with van der Waals surface area (Å²) in [4.78, 5) is 14.3. The number of nitrogens with one attached hydrogen (secondary N) is 1. The molecule has 3 rings (SSSR count). The van der Waals surface area contributed by atoms with Crippen molar-refractivity contribution >= 4 is 6.03 Å². The van der Waals surface area contributed by atoms with Crippen LogP contribution in [0.3, 0.4) is 0 Å². The second-order valence-corrected chi connectivity index (χ2v) is 5.30. The molecule has 2 atom stereocenters. The van der Waals surface area contributed by atoms with Crippen LogP contribution < -0.4 is 5.32 Å². The van der Waals surface area contributed by atoms with Gasteiger partial charge < -0.3 is 10.2 Å². The minimum absolute atomic E-state index is 0.184. The van der Waals surface area contributed by atoms with Crippen LogP contribution in [0.1, 0.15) is 44.9 Å². The van der Waals surface area contributed by atoms with Crippen molar-refractivity contribution in [2.75, 3.05) is 0 Å². The van der Waals surface area contributed by atoms with Crippen LogP contribution in [-0.4, -0.2) is 29.1 Å². The Bertz CT molecular complexity index is 307. The average molecular weight is 220 g/mol. The summed E-state index contributed by atoms with van der Waals surface area (Å²) < 4.78 is 0. The molecule has 1 saturated heterocycles. The fraction of sp³-hybridized carbons (Fsp3) is 0.769. The monoisotopic (exact) mass is 220 g/mol. The number of hydrogen-bond donors (Lipinski definition) is 1. The molecule has 1 saturated carbocycles. The zero-order chi connectivity index (χ0) is 11.0. The molecule has 3 heteroatoms. The first kappa shape index (κ1) is 10.2. The predicted molar refractivity (Wildman–Crippen MR) is 63.2 cm³/mol. The molecule has 3 aliphatic rings. The molecule has 0 aromatic heterocycles. The van der Waals surface area contributed by atoms with Crippen LogP contribution in [0, 0.1) is 0 Å². The Balaban J connectivity index is 1.64. The lowest BCUT2D eigenvalue weighted by molar-refractivity contribution is 0.175. The third-order valence-electron chi connectivity index (χ3n) is 4.23. The van der Waals surface area contributed by atoms with Gasteiger partial charge in [0.15, 0.2) is 0 Å². The zero-order valence-electron chi connectivity index (χ0n) is 9.69. The number of carbonyl (C=O) groups is 1. The number of fused-ring (bicyclic) bond motifs is 2. The lowest BCUT2D eigenvalue weighted by Gasteiger charge is -2.32. The molecule has 2 fully saturated rings. The number of urea groups is 1. The van der Waals surface area contributed by atoms with E-state index in [4.69, 9.17) is 0 Å². The maximum absolute atomic E-state index is 12.2. The van der Waals surface area contributed by atoms with Gasteiger partial charge in [-0.2, -0.15) is 0 Å². The van der Waals surface area contributed by atoms with Crippen molar-refractivity contribution in [1.82, 2.24) is 10.2 Å². The standard InChI is InChI=1S/C13H20N2O/c16-13(14-10-4-1-2-5-10)15-11-6-3-7-12(15)9-8-11/h3,6,10-12H,1-2,4-5,7-9H2,(H,14,16)/t11-,12-/m0/s1. The highest BCUT2D eigenvalue weighted by Crippen LogP contribution is 2.31. The van der Waals surface area contributed by atoms with Crippen molar-refractivity contribution in [2.45, 2.75) is 63.1 Å². The first-order valence-corrected chi connectivity index (χ1v) is 6.60. The summed E-state index contributed by atoms with van der Waals surface area (Å²) in [6.45, 7) is 0. The lowest BCUT2D eigenvalue weighted by atomic mass is 10.1. The highest BCUT2D eigenvalue weighted by atomic mass is 16.2. The highest BCUT2D eigenvalue weighted by Gasteiger charge is 2.37. The molecule has 0 unspecified atom stereocenters. The molecule has 2 aliphatic heterocycles. The van der Waals surface area contributed by atoms with Crippen molar-refractivity contribution in [1.29, 1.82) is 0 Å². The summed E-state index contributed by atoms with van der Waals surface area (Å²) in [7, 11) is 0. The third kappa shape index (κ3) is 1.72. The van der Waals surface area contributed by atoms with E-state index in [0.29, 0.717) is 18.1 Å². The molecular weight excluding hydrogens is 200 g/mol. The molecule has 0 spiro atoms. The van der Waals surface area contributed by atoms with Gasteiger partial charge in [-0.3, -0.25) is 0 Å². The van der Waals surface area contributed by atoms with E-state index in [1.807, 2.05) is 0 Å². The maximum Gasteiger partial charge on any atom is 0.318 e. The summed E-state index contributed by atoms with van der Waals surface area (Å²) in [5, 5.41) is 3.20. The van der Waals surface area contributed by atoms with Crippen LogP contribution >= 0.6 is 0 Å². The largest absolute Gasteiger partial charge is 0.335 e. The molecule has 0 aromatic rings. The van der Waals surface area contributed by atoms with Crippen molar-refractivity contribution in [2.24, 2.45) is 0 Å². The maximum atomic E-state index is 12.2. The van der Waals surface area contributed by atoms with E-state index >= 15 is 0 Å². The van der Waals surface area contributed by atoms with Crippen LogP contribution in [0.15, 0.2) is 12.2 Å². The van der Waals surface area contributed by atoms with Crippen LogP contribution in [0.4, 0.5) is 4.79 Å². The summed E-state index contributed by atoms with van der Waals surface area (Å²) in [6, 6.07) is 1.47. The smallest absolute Gasteiger partial charge is 0.318 e. The molecule has 0 radical (unpaired) electrons. The van der Waals surface area contributed by atoms with Crippen molar-refractivity contribution in [3.63, 3.8) is 0 Å². The van der Waals surface area contributed by atoms with Crippen LogP contribution in [-0.2, 0) is 0 Å². The van der Waals surface area contributed by atoms with Crippen LogP contribution in [0.25, 0.3) is 0 Å². The van der Waals surface area contributed by atoms with E-state index in [2.05, 4.69) is 22.4 Å². The van der Waals surface area contributed by atoms with E-state index in [1.54, 1.807) is 0 Å². The molecule has 3 nitrogen and oxygen atoms in total. The van der Waals surface area contributed by atoms with Crippen molar-refractivity contribution in [3.05, 3.63) is 12.2 Å². The van der Waals surface area contributed by atoms with E-state index in [-0.39, 0.29) is 6.03 Å². The highest BCUT2D eigenvalue weighted by molar-refractivity contribution is 5.76. The quantitative estimate of drug-likeness (QED) is 0.676. The van der Waals surface area contributed by atoms with Gasteiger partial charge in [-0.05, 0) is 32.1 Å². The Morgan fingerprint density at radius 3 is 2.75 bits per heavy atom. The van der Waals surface area contributed by atoms with Gasteiger partial charge in [-0.25, -0.2) is 4.79 Å². The predicted octanol–water partition coefficient (Wildman–Crippen LogP) is 2.43. The molecule has 88 valence electrons. The minimum Gasteiger partial charge on any atom is -0.335 e. The summed E-state index contributed by atoms with van der Waals surface area (Å²) in [5.74, 6) is 0. The molecule has 0 aromatic carbocycles. The Labute approximate surface area is 96.9 Å². The zero-order valence-corrected chi connectivity index (χ0v) is 9.69. The Kier molecular flexibility index (Phi) is 2.62. The molecule has 2 bridgehead atoms. The number of hydrogen-bond acceptors (Lipinski definition) is 1. The van der Waals surface area contributed by atoms with E-state index < -0.39 is 0 Å². The molecule has 1 N–H and O–H groups in total. The summed E-state index contributed by atoms with van der Waals surface area (Å²) in [5.41, 5.74) is 0. The Morgan fingerprint density at radius 1 is 1.19 bits per heavy atom. The van der Waals surface area contributed by atoms with Gasteiger partial charge in [-0.1, -0.05) is 25.0 Å². The summed E-state index contributed by atoms with van der Waals surface area (Å²) in [6.07, 6.45) is 12.7. The van der Waals surface area contributed by atoms with E-state index in [9.17, 15) is 4.79 Å². The first-order chi connectivity index (χ1) is 7.84. The van der Waals surface area contributed by atoms with Gasteiger partial charge in [0.2, 0.25) is 0 Å². The molecular formula is C13H20N2O. The van der Waals surface area contributed by atoms with Crippen molar-refractivity contribution < 1.29 is 4.79 Å². The van der Waals surface area contributed by atoms with Gasteiger partial charge >= 0.3 is 6.03 Å². The number of carbonyl (C=O) groups excluding carboxylic acids is 1. The first-order valence-electron chi connectivity index (χ1n) is 6.60. The van der Waals surface area contributed by atoms with E-state index in [0.717, 1.165) is 12.8 Å². The van der Waals surface area contributed by atoms with Gasteiger partial charge in [-0.15, -0.1) is 0 Å².